The fraction of sp³-hybridized carbons (Fsp3) is 0.300. The second-order valence-electron chi connectivity index (χ2n) is 2.87. The van der Waals surface area contributed by atoms with Crippen molar-refractivity contribution in [1.82, 2.24) is 4.98 Å². The van der Waals surface area contributed by atoms with Gasteiger partial charge in [-0.2, -0.15) is 0 Å². The van der Waals surface area contributed by atoms with Crippen LogP contribution in [-0.2, 0) is 9.47 Å². The molecule has 80 valence electrons. The molecule has 0 aliphatic heterocycles. The largest absolute Gasteiger partial charge is 0.465 e. The van der Waals surface area contributed by atoms with Crippen molar-refractivity contribution in [2.24, 2.45) is 0 Å². The predicted octanol–water partition coefficient (Wildman–Crippen LogP) is 0.963. The minimum absolute atomic E-state index is 0.0953. The Bertz CT molecular complexity index is 366. The van der Waals surface area contributed by atoms with Gasteiger partial charge in [0.05, 0.1) is 19.8 Å². The Morgan fingerprint density at radius 1 is 1.13 bits per heavy atom. The van der Waals surface area contributed by atoms with E-state index in [0.717, 1.165) is 0 Å². The van der Waals surface area contributed by atoms with Gasteiger partial charge in [-0.25, -0.2) is 14.6 Å². The van der Waals surface area contributed by atoms with Gasteiger partial charge in [-0.3, -0.25) is 0 Å². The molecule has 0 aromatic carbocycles. The van der Waals surface area contributed by atoms with E-state index in [2.05, 4.69) is 14.5 Å². The molecule has 1 heterocycles. The quantitative estimate of drug-likeness (QED) is 0.679. The molecule has 5 nitrogen and oxygen atoms in total. The molecular weight excluding hydrogens is 198 g/mol. The second-order valence-corrected chi connectivity index (χ2v) is 2.87. The van der Waals surface area contributed by atoms with Crippen LogP contribution in [0.4, 0.5) is 0 Å². The van der Waals surface area contributed by atoms with E-state index in [1.165, 1.54) is 26.4 Å². The topological polar surface area (TPSA) is 65.5 Å². The molecule has 0 atom stereocenters. The minimum Gasteiger partial charge on any atom is -0.465 e. The molecule has 0 aliphatic carbocycles. The first-order valence-electron chi connectivity index (χ1n) is 4.23. The predicted molar refractivity (Wildman–Crippen MR) is 51.7 cm³/mol. The first kappa shape index (κ1) is 11.2. The van der Waals surface area contributed by atoms with E-state index in [0.29, 0.717) is 5.69 Å². The number of carbonyl (C=O) groups is 2. The lowest BCUT2D eigenvalue weighted by molar-refractivity contribution is 0.0593. The first-order valence-corrected chi connectivity index (χ1v) is 4.23. The monoisotopic (exact) mass is 209 g/mol. The number of esters is 2. The number of hydrogen-bond donors (Lipinski definition) is 0. The summed E-state index contributed by atoms with van der Waals surface area (Å²) in [5.41, 5.74) is 0.932. The van der Waals surface area contributed by atoms with Crippen molar-refractivity contribution < 1.29 is 19.1 Å². The van der Waals surface area contributed by atoms with Gasteiger partial charge in [0.15, 0.2) is 0 Å². The van der Waals surface area contributed by atoms with Crippen molar-refractivity contribution in [3.05, 3.63) is 29.1 Å². The van der Waals surface area contributed by atoms with E-state index in [-0.39, 0.29) is 11.3 Å². The van der Waals surface area contributed by atoms with Crippen LogP contribution in [0, 0.1) is 6.92 Å². The maximum Gasteiger partial charge on any atom is 0.356 e. The molecule has 0 N–H and O–H groups in total. The maximum absolute atomic E-state index is 11.2. The van der Waals surface area contributed by atoms with E-state index in [1.54, 1.807) is 6.92 Å². The Morgan fingerprint density at radius 2 is 1.73 bits per heavy atom. The summed E-state index contributed by atoms with van der Waals surface area (Å²) in [6, 6.07) is 2.88. The van der Waals surface area contributed by atoms with E-state index >= 15 is 0 Å². The molecule has 0 fully saturated rings. The molecule has 5 heteroatoms. The third kappa shape index (κ3) is 2.52. The molecule has 1 rings (SSSR count). The molecule has 0 spiro atoms. The molecule has 1 aromatic heterocycles. The first-order chi connectivity index (χ1) is 7.08. The zero-order valence-corrected chi connectivity index (χ0v) is 8.73. The minimum atomic E-state index is -0.580. The molecule has 0 saturated heterocycles. The maximum atomic E-state index is 11.2. The van der Waals surface area contributed by atoms with Gasteiger partial charge in [0.1, 0.15) is 5.69 Å². The number of nitrogens with zero attached hydrogens (tertiary/aromatic N) is 1. The highest BCUT2D eigenvalue weighted by molar-refractivity contribution is 5.94. The van der Waals surface area contributed by atoms with Gasteiger partial charge in [0.2, 0.25) is 0 Å². The van der Waals surface area contributed by atoms with Crippen molar-refractivity contribution in [3.63, 3.8) is 0 Å². The van der Waals surface area contributed by atoms with E-state index in [9.17, 15) is 9.59 Å². The highest BCUT2D eigenvalue weighted by Gasteiger charge is 2.13. The van der Waals surface area contributed by atoms with Crippen LogP contribution in [0.5, 0.6) is 0 Å². The number of aromatic nitrogens is 1. The summed E-state index contributed by atoms with van der Waals surface area (Å²) in [5.74, 6) is -1.09. The standard InChI is InChI=1S/C10H11NO4/c1-6-4-7(9(12)14-2)5-8(11-6)10(13)15-3/h4-5H,1-3H3. The van der Waals surface area contributed by atoms with Crippen LogP contribution in [0.1, 0.15) is 26.5 Å². The van der Waals surface area contributed by atoms with Crippen molar-refractivity contribution >= 4 is 11.9 Å². The molecule has 0 radical (unpaired) electrons. The van der Waals surface area contributed by atoms with Crippen molar-refractivity contribution in [3.8, 4) is 0 Å². The molecule has 15 heavy (non-hydrogen) atoms. The van der Waals surface area contributed by atoms with Gasteiger partial charge in [0, 0.05) is 5.69 Å². The Kier molecular flexibility index (Phi) is 3.38. The number of methoxy groups -OCH3 is 2. The lowest BCUT2D eigenvalue weighted by Gasteiger charge is -2.03. The van der Waals surface area contributed by atoms with E-state index in [1.807, 2.05) is 0 Å². The summed E-state index contributed by atoms with van der Waals surface area (Å²) < 4.78 is 9.05. The average Bonchev–Trinajstić information content (AvgIpc) is 2.26. The lowest BCUT2D eigenvalue weighted by Crippen LogP contribution is -2.09. The molecule has 0 aliphatic rings. The van der Waals surface area contributed by atoms with Crippen molar-refractivity contribution in [1.29, 1.82) is 0 Å². The second kappa shape index (κ2) is 4.54. The third-order valence-electron chi connectivity index (χ3n) is 1.77. The van der Waals surface area contributed by atoms with Gasteiger partial charge in [-0.1, -0.05) is 0 Å². The molecule has 0 bridgehead atoms. The molecule has 0 unspecified atom stereocenters. The smallest absolute Gasteiger partial charge is 0.356 e. The number of aryl methyl sites for hydroxylation is 1. The van der Waals surface area contributed by atoms with Crippen LogP contribution in [0.3, 0.4) is 0 Å². The number of hydrogen-bond acceptors (Lipinski definition) is 5. The Labute approximate surface area is 87.0 Å². The van der Waals surface area contributed by atoms with E-state index < -0.39 is 11.9 Å². The van der Waals surface area contributed by atoms with Gasteiger partial charge in [-0.15, -0.1) is 0 Å². The average molecular weight is 209 g/mol. The van der Waals surface area contributed by atoms with Gasteiger partial charge in [0.25, 0.3) is 0 Å². The molecule has 0 amide bonds. The Balaban J connectivity index is 3.16. The third-order valence-corrected chi connectivity index (χ3v) is 1.77. The van der Waals surface area contributed by atoms with Crippen LogP contribution in [0.25, 0.3) is 0 Å². The van der Waals surface area contributed by atoms with Crippen molar-refractivity contribution in [2.75, 3.05) is 14.2 Å². The van der Waals surface area contributed by atoms with Crippen LogP contribution < -0.4 is 0 Å². The zero-order valence-electron chi connectivity index (χ0n) is 8.73. The summed E-state index contributed by atoms with van der Waals surface area (Å²) in [5, 5.41) is 0. The highest BCUT2D eigenvalue weighted by Crippen LogP contribution is 2.08. The Morgan fingerprint density at radius 3 is 2.27 bits per heavy atom. The highest BCUT2D eigenvalue weighted by atomic mass is 16.5. The van der Waals surface area contributed by atoms with Crippen LogP contribution in [0.15, 0.2) is 12.1 Å². The van der Waals surface area contributed by atoms with Crippen LogP contribution >= 0.6 is 0 Å². The normalized spacial score (nSPS) is 9.53. The summed E-state index contributed by atoms with van der Waals surface area (Å²) in [7, 11) is 2.53. The van der Waals surface area contributed by atoms with Gasteiger partial charge < -0.3 is 9.47 Å². The fourth-order valence-electron chi connectivity index (χ4n) is 1.11. The molecular formula is C10H11NO4. The Hall–Kier alpha value is -1.91. The molecule has 1 aromatic rings. The molecule has 0 saturated carbocycles. The number of rotatable bonds is 2. The van der Waals surface area contributed by atoms with Crippen LogP contribution in [-0.4, -0.2) is 31.1 Å². The number of pyridine rings is 1. The number of ether oxygens (including phenoxy) is 2. The summed E-state index contributed by atoms with van der Waals surface area (Å²) in [4.78, 5) is 26.4. The van der Waals surface area contributed by atoms with Crippen LogP contribution in [0.2, 0.25) is 0 Å². The zero-order chi connectivity index (χ0) is 11.4. The van der Waals surface area contributed by atoms with Crippen molar-refractivity contribution in [2.45, 2.75) is 6.92 Å². The van der Waals surface area contributed by atoms with E-state index in [4.69, 9.17) is 0 Å². The summed E-state index contributed by atoms with van der Waals surface area (Å²) in [6.45, 7) is 1.68. The number of carbonyl (C=O) groups excluding carboxylic acids is 2. The lowest BCUT2D eigenvalue weighted by atomic mass is 10.2. The summed E-state index contributed by atoms with van der Waals surface area (Å²) >= 11 is 0. The summed E-state index contributed by atoms with van der Waals surface area (Å²) in [6.07, 6.45) is 0. The van der Waals surface area contributed by atoms with Gasteiger partial charge >= 0.3 is 11.9 Å². The van der Waals surface area contributed by atoms with Gasteiger partial charge in [-0.05, 0) is 19.1 Å². The fourth-order valence-corrected chi connectivity index (χ4v) is 1.11. The SMILES string of the molecule is COC(=O)c1cc(C)nc(C(=O)OC)c1.